The molecule has 30 heavy (non-hydrogen) atoms. The molecule has 0 spiro atoms. The molecule has 154 valence electrons. The Morgan fingerprint density at radius 1 is 1.17 bits per heavy atom. The molecule has 0 unspecified atom stereocenters. The largest absolute Gasteiger partial charge is 0.465 e. The Balaban J connectivity index is 1.80. The average molecular weight is 412 g/mol. The molecule has 3 aromatic rings. The summed E-state index contributed by atoms with van der Waals surface area (Å²) in [5.74, 6) is -1.33. The van der Waals surface area contributed by atoms with Gasteiger partial charge < -0.3 is 14.4 Å². The molecule has 2 aromatic carbocycles. The Morgan fingerprint density at radius 2 is 1.90 bits per heavy atom. The van der Waals surface area contributed by atoms with Crippen molar-refractivity contribution < 1.29 is 23.0 Å². The number of methoxy groups -OCH3 is 1. The summed E-state index contributed by atoms with van der Waals surface area (Å²) in [4.78, 5) is 27.4. The van der Waals surface area contributed by atoms with Gasteiger partial charge in [0.05, 0.1) is 48.8 Å². The molecule has 1 aliphatic rings. The van der Waals surface area contributed by atoms with Crippen LogP contribution in [0.1, 0.15) is 15.9 Å². The lowest BCUT2D eigenvalue weighted by molar-refractivity contribution is 0.0601. The second kappa shape index (κ2) is 8.50. The van der Waals surface area contributed by atoms with E-state index in [0.29, 0.717) is 48.7 Å². The van der Waals surface area contributed by atoms with Crippen LogP contribution >= 0.6 is 0 Å². The van der Waals surface area contributed by atoms with Crippen LogP contribution < -0.4 is 4.90 Å². The third-order valence-corrected chi connectivity index (χ3v) is 4.62. The number of morpholine rings is 1. The van der Waals surface area contributed by atoms with Gasteiger partial charge >= 0.3 is 5.97 Å². The Hall–Kier alpha value is -3.46. The summed E-state index contributed by atoms with van der Waals surface area (Å²) in [6.07, 6.45) is 3.04. The number of hydrogen-bond donors (Lipinski definition) is 0. The predicted molar refractivity (Wildman–Crippen MR) is 108 cm³/mol. The standard InChI is InChI=1S/C21H18F2N4O3/c1-29-21(28)13-6-14(11-24-17-9-15(22)8-16(23)10-17)20-18(7-13)25-12-19(26-20)27-2-4-30-5-3-27/h6-12H,2-5H2,1H3. The third-order valence-electron chi connectivity index (χ3n) is 4.62. The van der Waals surface area contributed by atoms with Crippen LogP contribution in [-0.2, 0) is 9.47 Å². The van der Waals surface area contributed by atoms with Crippen molar-refractivity contribution >= 4 is 34.7 Å². The molecule has 7 nitrogen and oxygen atoms in total. The van der Waals surface area contributed by atoms with E-state index in [-0.39, 0.29) is 11.3 Å². The van der Waals surface area contributed by atoms with E-state index in [4.69, 9.17) is 9.47 Å². The monoisotopic (exact) mass is 412 g/mol. The van der Waals surface area contributed by atoms with Crippen molar-refractivity contribution in [1.29, 1.82) is 0 Å². The van der Waals surface area contributed by atoms with E-state index in [9.17, 15) is 13.6 Å². The molecule has 4 rings (SSSR count). The summed E-state index contributed by atoms with van der Waals surface area (Å²) in [6, 6.07) is 6.13. The van der Waals surface area contributed by atoms with Crippen molar-refractivity contribution in [3.8, 4) is 0 Å². The second-order valence-corrected chi connectivity index (χ2v) is 6.64. The van der Waals surface area contributed by atoms with Crippen molar-refractivity contribution in [2.75, 3.05) is 38.3 Å². The van der Waals surface area contributed by atoms with Crippen molar-refractivity contribution in [3.63, 3.8) is 0 Å². The first-order chi connectivity index (χ1) is 14.5. The van der Waals surface area contributed by atoms with Gasteiger partial charge in [-0.15, -0.1) is 0 Å². The molecule has 1 saturated heterocycles. The van der Waals surface area contributed by atoms with Crippen molar-refractivity contribution in [1.82, 2.24) is 9.97 Å². The fourth-order valence-electron chi connectivity index (χ4n) is 3.17. The molecule has 0 radical (unpaired) electrons. The fourth-order valence-corrected chi connectivity index (χ4v) is 3.17. The summed E-state index contributed by atoms with van der Waals surface area (Å²) in [5, 5.41) is 0. The van der Waals surface area contributed by atoms with Gasteiger partial charge in [-0.3, -0.25) is 9.98 Å². The van der Waals surface area contributed by atoms with E-state index in [1.807, 2.05) is 4.90 Å². The van der Waals surface area contributed by atoms with Gasteiger partial charge in [-0.25, -0.2) is 18.6 Å². The number of rotatable bonds is 4. The highest BCUT2D eigenvalue weighted by molar-refractivity contribution is 6.02. The zero-order valence-corrected chi connectivity index (χ0v) is 16.1. The average Bonchev–Trinajstić information content (AvgIpc) is 2.76. The Bertz CT molecular complexity index is 1110. The first kappa shape index (κ1) is 19.8. The lowest BCUT2D eigenvalue weighted by atomic mass is 10.1. The topological polar surface area (TPSA) is 76.9 Å². The minimum Gasteiger partial charge on any atom is -0.465 e. The molecule has 0 aliphatic carbocycles. The molecular formula is C21H18F2N4O3. The summed E-state index contributed by atoms with van der Waals surface area (Å²) >= 11 is 0. The number of hydrogen-bond acceptors (Lipinski definition) is 7. The number of benzene rings is 2. The number of esters is 1. The first-order valence-corrected chi connectivity index (χ1v) is 9.25. The summed E-state index contributed by atoms with van der Waals surface area (Å²) in [5.41, 5.74) is 1.82. The van der Waals surface area contributed by atoms with Crippen molar-refractivity contribution in [2.24, 2.45) is 4.99 Å². The Labute approximate surface area is 171 Å². The number of anilines is 1. The van der Waals surface area contributed by atoms with Crippen molar-refractivity contribution in [3.05, 3.63) is 59.3 Å². The fraction of sp³-hybridized carbons (Fsp3) is 0.238. The number of carbonyl (C=O) groups excluding carboxylic acids is 1. The van der Waals surface area contributed by atoms with Crippen LogP contribution in [-0.4, -0.2) is 55.6 Å². The van der Waals surface area contributed by atoms with E-state index in [1.165, 1.54) is 13.3 Å². The molecule has 2 heterocycles. The summed E-state index contributed by atoms with van der Waals surface area (Å²) < 4.78 is 37.1. The summed E-state index contributed by atoms with van der Waals surface area (Å²) in [7, 11) is 1.28. The highest BCUT2D eigenvalue weighted by atomic mass is 19.1. The molecule has 1 aliphatic heterocycles. The molecule has 1 aromatic heterocycles. The summed E-state index contributed by atoms with van der Waals surface area (Å²) in [6.45, 7) is 2.57. The van der Waals surface area contributed by atoms with Gasteiger partial charge in [0.1, 0.15) is 17.5 Å². The van der Waals surface area contributed by atoms with E-state index in [2.05, 4.69) is 15.0 Å². The second-order valence-electron chi connectivity index (χ2n) is 6.64. The van der Waals surface area contributed by atoms with Gasteiger partial charge in [0.25, 0.3) is 0 Å². The molecule has 0 amide bonds. The van der Waals surface area contributed by atoms with E-state index in [1.54, 1.807) is 18.3 Å². The first-order valence-electron chi connectivity index (χ1n) is 9.25. The maximum Gasteiger partial charge on any atom is 0.337 e. The van der Waals surface area contributed by atoms with Crippen LogP contribution in [0.2, 0.25) is 0 Å². The lowest BCUT2D eigenvalue weighted by Gasteiger charge is -2.27. The Morgan fingerprint density at radius 3 is 2.60 bits per heavy atom. The quantitative estimate of drug-likeness (QED) is 0.484. The molecular weight excluding hydrogens is 394 g/mol. The zero-order chi connectivity index (χ0) is 21.1. The van der Waals surface area contributed by atoms with E-state index >= 15 is 0 Å². The zero-order valence-electron chi connectivity index (χ0n) is 16.1. The lowest BCUT2D eigenvalue weighted by Crippen LogP contribution is -2.36. The number of aromatic nitrogens is 2. The number of nitrogens with zero attached hydrogens (tertiary/aromatic N) is 4. The minimum absolute atomic E-state index is 0.0985. The van der Waals surface area contributed by atoms with Crippen LogP contribution in [0.25, 0.3) is 11.0 Å². The molecule has 0 N–H and O–H groups in total. The van der Waals surface area contributed by atoms with E-state index in [0.717, 1.165) is 18.2 Å². The van der Waals surface area contributed by atoms with Gasteiger partial charge in [0, 0.05) is 30.9 Å². The molecule has 0 saturated carbocycles. The molecule has 0 bridgehead atoms. The third kappa shape index (κ3) is 4.25. The van der Waals surface area contributed by atoms with Crippen LogP contribution in [0, 0.1) is 11.6 Å². The number of aliphatic imine (C=N–C) groups is 1. The number of carbonyl (C=O) groups is 1. The smallest absolute Gasteiger partial charge is 0.337 e. The van der Waals surface area contributed by atoms with Crippen molar-refractivity contribution in [2.45, 2.75) is 0 Å². The van der Waals surface area contributed by atoms with Gasteiger partial charge in [0.15, 0.2) is 0 Å². The van der Waals surface area contributed by atoms with Crippen LogP contribution in [0.4, 0.5) is 20.3 Å². The highest BCUT2D eigenvalue weighted by Gasteiger charge is 2.16. The van der Waals surface area contributed by atoms with E-state index < -0.39 is 17.6 Å². The number of ether oxygens (including phenoxy) is 2. The maximum absolute atomic E-state index is 13.5. The van der Waals surface area contributed by atoms with Gasteiger partial charge in [-0.1, -0.05) is 0 Å². The SMILES string of the molecule is COC(=O)c1cc(C=Nc2cc(F)cc(F)c2)c2nc(N3CCOCC3)cnc2c1. The van der Waals surface area contributed by atoms with Crippen LogP contribution in [0.5, 0.6) is 0 Å². The van der Waals surface area contributed by atoms with Gasteiger partial charge in [-0.2, -0.15) is 0 Å². The van der Waals surface area contributed by atoms with Gasteiger partial charge in [0.2, 0.25) is 0 Å². The number of fused-ring (bicyclic) bond motifs is 1. The maximum atomic E-state index is 13.5. The molecule has 1 fully saturated rings. The van der Waals surface area contributed by atoms with Gasteiger partial charge in [-0.05, 0) is 24.3 Å². The van der Waals surface area contributed by atoms with Crippen LogP contribution in [0.3, 0.4) is 0 Å². The predicted octanol–water partition coefficient (Wildman–Crippen LogP) is 3.28. The highest BCUT2D eigenvalue weighted by Crippen LogP contribution is 2.23. The molecule has 0 atom stereocenters. The minimum atomic E-state index is -0.732. The Kier molecular flexibility index (Phi) is 5.62. The molecule has 9 heteroatoms. The van der Waals surface area contributed by atoms with Crippen LogP contribution in [0.15, 0.2) is 41.5 Å². The normalized spacial score (nSPS) is 14.4. The number of halogens is 2.